The van der Waals surface area contributed by atoms with Gasteiger partial charge in [0, 0.05) is 0 Å². The molecule has 0 atom stereocenters. The standard InChI is InChI=1S/C11H6N2O5S2/c14-10-7(20-11(19)12-10)3-5-1-2-6-9(18-4-17-6)8(5)13(15)16/h1-3H,4H2,(H,12,14,19)/b7-3-. The maximum atomic E-state index is 11.6. The minimum atomic E-state index is -0.560. The predicted octanol–water partition coefficient (Wildman–Crippen LogP) is 1.81. The molecular weight excluding hydrogens is 304 g/mol. The van der Waals surface area contributed by atoms with E-state index >= 15 is 0 Å². The molecule has 0 radical (unpaired) electrons. The Morgan fingerprint density at radius 3 is 2.90 bits per heavy atom. The van der Waals surface area contributed by atoms with E-state index in [1.54, 1.807) is 6.07 Å². The quantitative estimate of drug-likeness (QED) is 0.385. The number of rotatable bonds is 2. The van der Waals surface area contributed by atoms with Crippen LogP contribution >= 0.6 is 24.0 Å². The molecule has 0 bridgehead atoms. The number of carbonyl (C=O) groups is 1. The minimum Gasteiger partial charge on any atom is -0.453 e. The fourth-order valence-electron chi connectivity index (χ4n) is 1.84. The van der Waals surface area contributed by atoms with Crippen LogP contribution in [0, 0.1) is 10.1 Å². The third kappa shape index (κ3) is 2.10. The number of nitrogens with zero attached hydrogens (tertiary/aromatic N) is 1. The number of fused-ring (bicyclic) bond motifs is 1. The predicted molar refractivity (Wildman–Crippen MR) is 75.5 cm³/mol. The Morgan fingerprint density at radius 1 is 1.45 bits per heavy atom. The van der Waals surface area contributed by atoms with Gasteiger partial charge < -0.3 is 14.8 Å². The largest absolute Gasteiger partial charge is 0.453 e. The van der Waals surface area contributed by atoms with Crippen molar-refractivity contribution < 1.29 is 19.2 Å². The summed E-state index contributed by atoms with van der Waals surface area (Å²) in [6.07, 6.45) is 1.42. The maximum absolute atomic E-state index is 11.6. The van der Waals surface area contributed by atoms with Crippen molar-refractivity contribution in [2.24, 2.45) is 0 Å². The van der Waals surface area contributed by atoms with E-state index in [0.29, 0.717) is 15.0 Å². The molecular formula is C11H6N2O5S2. The molecule has 1 aromatic carbocycles. The van der Waals surface area contributed by atoms with Crippen LogP contribution in [0.5, 0.6) is 11.5 Å². The molecule has 20 heavy (non-hydrogen) atoms. The first kappa shape index (κ1) is 12.9. The van der Waals surface area contributed by atoms with Gasteiger partial charge in [0.15, 0.2) is 5.75 Å². The van der Waals surface area contributed by atoms with Gasteiger partial charge in [-0.15, -0.1) is 0 Å². The van der Waals surface area contributed by atoms with Crippen molar-refractivity contribution in [1.29, 1.82) is 0 Å². The molecule has 0 saturated carbocycles. The summed E-state index contributed by atoms with van der Waals surface area (Å²) >= 11 is 5.92. The Balaban J connectivity index is 2.11. The summed E-state index contributed by atoms with van der Waals surface area (Å²) in [5.41, 5.74) is 0.0420. The van der Waals surface area contributed by atoms with E-state index < -0.39 is 4.92 Å². The molecule has 0 spiro atoms. The zero-order valence-corrected chi connectivity index (χ0v) is 11.4. The number of benzene rings is 1. The number of thioether (sulfide) groups is 1. The number of nitro groups is 1. The number of nitrogens with one attached hydrogen (secondary N) is 1. The van der Waals surface area contributed by atoms with E-state index in [-0.39, 0.29) is 29.7 Å². The molecule has 0 unspecified atom stereocenters. The number of carbonyl (C=O) groups excluding carboxylic acids is 1. The van der Waals surface area contributed by atoms with Gasteiger partial charge in [-0.1, -0.05) is 24.0 Å². The second kappa shape index (κ2) is 4.76. The lowest BCUT2D eigenvalue weighted by molar-refractivity contribution is -0.385. The van der Waals surface area contributed by atoms with Crippen LogP contribution in [0.4, 0.5) is 5.69 Å². The Hall–Kier alpha value is -2.13. The Labute approximate surface area is 122 Å². The van der Waals surface area contributed by atoms with Gasteiger partial charge in [-0.25, -0.2) is 0 Å². The molecule has 3 rings (SSSR count). The van der Waals surface area contributed by atoms with E-state index in [1.165, 1.54) is 12.1 Å². The van der Waals surface area contributed by atoms with Crippen LogP contribution in [0.3, 0.4) is 0 Å². The monoisotopic (exact) mass is 310 g/mol. The van der Waals surface area contributed by atoms with E-state index in [4.69, 9.17) is 21.7 Å². The van der Waals surface area contributed by atoms with Crippen molar-refractivity contribution in [2.75, 3.05) is 6.79 Å². The lowest BCUT2D eigenvalue weighted by Gasteiger charge is -2.02. The highest BCUT2D eigenvalue weighted by molar-refractivity contribution is 8.26. The van der Waals surface area contributed by atoms with Crippen molar-refractivity contribution >= 4 is 46.0 Å². The van der Waals surface area contributed by atoms with Crippen LogP contribution in [-0.4, -0.2) is 21.9 Å². The first-order chi connectivity index (χ1) is 9.56. The highest BCUT2D eigenvalue weighted by Crippen LogP contribution is 2.44. The lowest BCUT2D eigenvalue weighted by atomic mass is 10.1. The van der Waals surface area contributed by atoms with Crippen LogP contribution in [0.15, 0.2) is 17.0 Å². The van der Waals surface area contributed by atoms with E-state index in [2.05, 4.69) is 5.32 Å². The average molecular weight is 310 g/mol. The summed E-state index contributed by atoms with van der Waals surface area (Å²) in [7, 11) is 0. The number of hydrogen-bond acceptors (Lipinski definition) is 7. The molecule has 1 saturated heterocycles. The Kier molecular flexibility index (Phi) is 3.07. The molecule has 2 heterocycles. The van der Waals surface area contributed by atoms with Crippen LogP contribution in [0.2, 0.25) is 0 Å². The molecule has 1 N–H and O–H groups in total. The molecule has 2 aliphatic heterocycles. The van der Waals surface area contributed by atoms with E-state index in [1.807, 2.05) is 0 Å². The summed E-state index contributed by atoms with van der Waals surface area (Å²) in [5.74, 6) is 0.0280. The van der Waals surface area contributed by atoms with Crippen LogP contribution in [0.25, 0.3) is 6.08 Å². The summed E-state index contributed by atoms with van der Waals surface area (Å²) < 4.78 is 10.5. The molecule has 9 heteroatoms. The second-order valence-corrected chi connectivity index (χ2v) is 5.57. The van der Waals surface area contributed by atoms with Gasteiger partial charge in [-0.05, 0) is 18.2 Å². The smallest absolute Gasteiger partial charge is 0.322 e. The highest BCUT2D eigenvalue weighted by atomic mass is 32.2. The second-order valence-electron chi connectivity index (χ2n) is 3.85. The fourth-order valence-corrected chi connectivity index (χ4v) is 2.88. The molecule has 0 aliphatic carbocycles. The highest BCUT2D eigenvalue weighted by Gasteiger charge is 2.30. The summed E-state index contributed by atoms with van der Waals surface area (Å²) in [5, 5.41) is 13.7. The molecule has 7 nitrogen and oxygen atoms in total. The molecule has 1 fully saturated rings. The normalized spacial score (nSPS) is 18.5. The van der Waals surface area contributed by atoms with Gasteiger partial charge in [-0.2, -0.15) is 0 Å². The zero-order valence-electron chi connectivity index (χ0n) is 9.74. The molecule has 0 aromatic heterocycles. The van der Waals surface area contributed by atoms with Gasteiger partial charge in [0.05, 0.1) is 15.4 Å². The van der Waals surface area contributed by atoms with Crippen LogP contribution in [0.1, 0.15) is 5.56 Å². The summed E-state index contributed by atoms with van der Waals surface area (Å²) in [6, 6.07) is 3.07. The third-order valence-electron chi connectivity index (χ3n) is 2.66. The van der Waals surface area contributed by atoms with Crippen molar-refractivity contribution in [3.05, 3.63) is 32.7 Å². The fraction of sp³-hybridized carbons (Fsp3) is 0.0909. The van der Waals surface area contributed by atoms with Crippen molar-refractivity contribution in [3.8, 4) is 11.5 Å². The number of amides is 1. The van der Waals surface area contributed by atoms with Crippen LogP contribution in [-0.2, 0) is 4.79 Å². The molecule has 2 aliphatic rings. The molecule has 1 amide bonds. The van der Waals surface area contributed by atoms with Gasteiger partial charge >= 0.3 is 5.69 Å². The average Bonchev–Trinajstić information content (AvgIpc) is 2.95. The Morgan fingerprint density at radius 2 is 2.25 bits per heavy atom. The first-order valence-electron chi connectivity index (χ1n) is 5.38. The number of hydrogen-bond donors (Lipinski definition) is 1. The number of thiocarbonyl (C=S) groups is 1. The molecule has 1 aromatic rings. The van der Waals surface area contributed by atoms with E-state index in [9.17, 15) is 14.9 Å². The van der Waals surface area contributed by atoms with Gasteiger partial charge in [0.25, 0.3) is 5.91 Å². The number of nitro benzene ring substituents is 1. The van der Waals surface area contributed by atoms with Crippen molar-refractivity contribution in [1.82, 2.24) is 5.32 Å². The summed E-state index contributed by atoms with van der Waals surface area (Å²) in [4.78, 5) is 22.5. The van der Waals surface area contributed by atoms with Crippen molar-refractivity contribution in [3.63, 3.8) is 0 Å². The van der Waals surface area contributed by atoms with Crippen molar-refractivity contribution in [2.45, 2.75) is 0 Å². The van der Waals surface area contributed by atoms with Crippen LogP contribution < -0.4 is 14.8 Å². The van der Waals surface area contributed by atoms with Gasteiger partial charge in [0.1, 0.15) is 4.32 Å². The zero-order chi connectivity index (χ0) is 14.3. The van der Waals surface area contributed by atoms with E-state index in [0.717, 1.165) is 11.8 Å². The summed E-state index contributed by atoms with van der Waals surface area (Å²) in [6.45, 7) is -0.0600. The minimum absolute atomic E-state index is 0.0600. The number of ether oxygens (including phenoxy) is 2. The molecule has 102 valence electrons. The topological polar surface area (TPSA) is 90.7 Å². The lowest BCUT2D eigenvalue weighted by Crippen LogP contribution is -2.17. The maximum Gasteiger partial charge on any atom is 0.322 e. The first-order valence-corrected chi connectivity index (χ1v) is 6.60. The van der Waals surface area contributed by atoms with Gasteiger partial charge in [0.2, 0.25) is 12.5 Å². The Bertz CT molecular complexity index is 686. The third-order valence-corrected chi connectivity index (χ3v) is 3.82. The van der Waals surface area contributed by atoms with Gasteiger partial charge in [-0.3, -0.25) is 14.9 Å². The SMILES string of the molecule is O=C1NC(=S)S/C1=C\c1ccc2c(c1[N+](=O)[O-])OCO2.